The lowest BCUT2D eigenvalue weighted by atomic mass is 10.0. The molecule has 1 saturated carbocycles. The molecule has 2 aromatic rings. The molecular weight excluding hydrogens is 328 g/mol. The van der Waals surface area contributed by atoms with Gasteiger partial charge in [-0.25, -0.2) is 4.98 Å². The highest BCUT2D eigenvalue weighted by Gasteiger charge is 2.34. The Bertz CT molecular complexity index is 811. The Labute approximate surface area is 145 Å². The maximum absolute atomic E-state index is 13.1. The molecule has 0 radical (unpaired) electrons. The second kappa shape index (κ2) is 5.81. The minimum Gasteiger partial charge on any atom is -0.495 e. The largest absolute Gasteiger partial charge is 0.495 e. The van der Waals surface area contributed by atoms with Crippen molar-refractivity contribution in [1.29, 1.82) is 0 Å². The molecular formula is C18H19ClN2O3. The first-order valence-corrected chi connectivity index (χ1v) is 8.62. The summed E-state index contributed by atoms with van der Waals surface area (Å²) in [5.74, 6) is 1.87. The monoisotopic (exact) mass is 346 g/mol. The summed E-state index contributed by atoms with van der Waals surface area (Å²) >= 11 is 6.34. The van der Waals surface area contributed by atoms with E-state index < -0.39 is 0 Å². The van der Waals surface area contributed by atoms with Crippen LogP contribution in [0.4, 0.5) is 5.69 Å². The zero-order valence-corrected chi connectivity index (χ0v) is 14.5. The molecule has 24 heavy (non-hydrogen) atoms. The molecule has 2 aliphatic rings. The molecule has 1 fully saturated rings. The van der Waals surface area contributed by atoms with Crippen LogP contribution in [0.5, 0.6) is 5.75 Å². The fourth-order valence-corrected chi connectivity index (χ4v) is 3.51. The molecule has 0 N–H and O–H groups in total. The number of ether oxygens (including phenoxy) is 1. The lowest BCUT2D eigenvalue weighted by molar-refractivity contribution is 0.0955. The van der Waals surface area contributed by atoms with Crippen molar-refractivity contribution in [1.82, 2.24) is 4.98 Å². The van der Waals surface area contributed by atoms with E-state index in [0.717, 1.165) is 36.9 Å². The average Bonchev–Trinajstić information content (AvgIpc) is 3.37. The van der Waals surface area contributed by atoms with Crippen LogP contribution in [0, 0.1) is 6.92 Å². The van der Waals surface area contributed by atoms with E-state index in [1.54, 1.807) is 18.1 Å². The van der Waals surface area contributed by atoms with Crippen molar-refractivity contribution in [2.75, 3.05) is 18.6 Å². The van der Waals surface area contributed by atoms with E-state index in [0.29, 0.717) is 40.6 Å². The number of methoxy groups -OCH3 is 1. The summed E-state index contributed by atoms with van der Waals surface area (Å²) in [5, 5.41) is 0.663. The molecule has 0 saturated heterocycles. The molecule has 0 unspecified atom stereocenters. The molecule has 1 aliphatic heterocycles. The summed E-state index contributed by atoms with van der Waals surface area (Å²) in [7, 11) is 1.60. The first kappa shape index (κ1) is 15.5. The number of anilines is 1. The minimum atomic E-state index is -0.173. The van der Waals surface area contributed by atoms with Crippen LogP contribution < -0.4 is 9.64 Å². The summed E-state index contributed by atoms with van der Waals surface area (Å²) in [5.41, 5.74) is 2.36. The normalized spacial score (nSPS) is 16.9. The van der Waals surface area contributed by atoms with Crippen molar-refractivity contribution in [2.24, 2.45) is 0 Å². The first-order chi connectivity index (χ1) is 11.6. The van der Waals surface area contributed by atoms with Crippen molar-refractivity contribution >= 4 is 23.2 Å². The van der Waals surface area contributed by atoms with E-state index in [-0.39, 0.29) is 5.91 Å². The summed E-state index contributed by atoms with van der Waals surface area (Å²) in [6, 6.07) is 3.62. The molecule has 0 bridgehead atoms. The molecule has 0 spiro atoms. The van der Waals surface area contributed by atoms with E-state index in [2.05, 4.69) is 4.98 Å². The standard InChI is InChI=1S/C18H19ClN2O3/c1-10-16(24-17(20-10)11-5-6-11)18(22)21-9-3-4-12-13(19)7-8-14(23-2)15(12)21/h7-8,11H,3-6,9H2,1-2H3. The van der Waals surface area contributed by atoms with Gasteiger partial charge >= 0.3 is 0 Å². The number of rotatable bonds is 3. The molecule has 1 amide bonds. The Kier molecular flexibility index (Phi) is 3.76. The van der Waals surface area contributed by atoms with E-state index >= 15 is 0 Å². The summed E-state index contributed by atoms with van der Waals surface area (Å²) in [6.45, 7) is 2.43. The topological polar surface area (TPSA) is 55.6 Å². The number of amides is 1. The highest BCUT2D eigenvalue weighted by atomic mass is 35.5. The van der Waals surface area contributed by atoms with E-state index in [1.807, 2.05) is 13.0 Å². The predicted molar refractivity (Wildman–Crippen MR) is 91.2 cm³/mol. The van der Waals surface area contributed by atoms with Gasteiger partial charge in [-0.15, -0.1) is 0 Å². The van der Waals surface area contributed by atoms with Crippen molar-refractivity contribution in [3.05, 3.63) is 40.1 Å². The van der Waals surface area contributed by atoms with Gasteiger partial charge in [-0.1, -0.05) is 11.6 Å². The quantitative estimate of drug-likeness (QED) is 0.839. The number of benzene rings is 1. The fraction of sp³-hybridized carbons (Fsp3) is 0.444. The number of fused-ring (bicyclic) bond motifs is 1. The number of carbonyl (C=O) groups is 1. The first-order valence-electron chi connectivity index (χ1n) is 8.24. The van der Waals surface area contributed by atoms with E-state index in [1.165, 1.54) is 0 Å². The number of aryl methyl sites for hydroxylation is 1. The molecule has 1 aliphatic carbocycles. The van der Waals surface area contributed by atoms with Crippen LogP contribution in [0.1, 0.15) is 52.9 Å². The van der Waals surface area contributed by atoms with Gasteiger partial charge in [-0.05, 0) is 50.3 Å². The van der Waals surface area contributed by atoms with Gasteiger partial charge in [0.2, 0.25) is 5.76 Å². The molecule has 126 valence electrons. The van der Waals surface area contributed by atoms with Gasteiger partial charge in [0.05, 0.1) is 18.5 Å². The van der Waals surface area contributed by atoms with Crippen LogP contribution in [-0.2, 0) is 6.42 Å². The third kappa shape index (κ3) is 2.47. The Morgan fingerprint density at radius 2 is 2.21 bits per heavy atom. The smallest absolute Gasteiger partial charge is 0.296 e. The average molecular weight is 347 g/mol. The van der Waals surface area contributed by atoms with E-state index in [4.69, 9.17) is 20.8 Å². The zero-order chi connectivity index (χ0) is 16.8. The Balaban J connectivity index is 1.76. The highest BCUT2D eigenvalue weighted by Crippen LogP contribution is 2.42. The van der Waals surface area contributed by atoms with Crippen LogP contribution >= 0.6 is 11.6 Å². The van der Waals surface area contributed by atoms with Crippen molar-refractivity contribution in [3.63, 3.8) is 0 Å². The molecule has 1 aromatic heterocycles. The lowest BCUT2D eigenvalue weighted by Gasteiger charge is -2.31. The van der Waals surface area contributed by atoms with Gasteiger partial charge in [0, 0.05) is 17.5 Å². The van der Waals surface area contributed by atoms with Crippen LogP contribution in [0.25, 0.3) is 0 Å². The highest BCUT2D eigenvalue weighted by molar-refractivity contribution is 6.32. The number of oxazole rings is 1. The Morgan fingerprint density at radius 1 is 1.42 bits per heavy atom. The molecule has 4 rings (SSSR count). The minimum absolute atomic E-state index is 0.173. The maximum Gasteiger partial charge on any atom is 0.296 e. The number of nitrogens with zero attached hydrogens (tertiary/aromatic N) is 2. The van der Waals surface area contributed by atoms with Gasteiger partial charge < -0.3 is 14.1 Å². The van der Waals surface area contributed by atoms with Crippen LogP contribution in [0.2, 0.25) is 5.02 Å². The molecule has 0 atom stereocenters. The number of hydrogen-bond acceptors (Lipinski definition) is 4. The number of halogens is 1. The number of aromatic nitrogens is 1. The van der Waals surface area contributed by atoms with Crippen LogP contribution in [-0.4, -0.2) is 24.5 Å². The fourth-order valence-electron chi connectivity index (χ4n) is 3.26. The SMILES string of the molecule is COc1ccc(Cl)c2c1N(C(=O)c1oc(C3CC3)nc1C)CCC2. The van der Waals surface area contributed by atoms with Gasteiger partial charge in [0.15, 0.2) is 5.89 Å². The molecule has 1 aromatic carbocycles. The lowest BCUT2D eigenvalue weighted by Crippen LogP contribution is -2.36. The van der Waals surface area contributed by atoms with Crippen molar-refractivity contribution in [3.8, 4) is 5.75 Å². The second-order valence-corrected chi connectivity index (χ2v) is 6.79. The number of hydrogen-bond donors (Lipinski definition) is 0. The van der Waals surface area contributed by atoms with Gasteiger partial charge in [-0.3, -0.25) is 4.79 Å². The van der Waals surface area contributed by atoms with Crippen LogP contribution in [0.3, 0.4) is 0 Å². The van der Waals surface area contributed by atoms with Crippen molar-refractivity contribution < 1.29 is 13.9 Å². The molecule has 6 heteroatoms. The summed E-state index contributed by atoms with van der Waals surface area (Å²) in [6.07, 6.45) is 3.86. The zero-order valence-electron chi connectivity index (χ0n) is 13.8. The molecule has 2 heterocycles. The maximum atomic E-state index is 13.1. The third-order valence-electron chi connectivity index (χ3n) is 4.67. The van der Waals surface area contributed by atoms with Gasteiger partial charge in [0.1, 0.15) is 5.75 Å². The van der Waals surface area contributed by atoms with Gasteiger partial charge in [0.25, 0.3) is 5.91 Å². The van der Waals surface area contributed by atoms with Crippen molar-refractivity contribution in [2.45, 2.75) is 38.5 Å². The third-order valence-corrected chi connectivity index (χ3v) is 5.02. The molecule has 5 nitrogen and oxygen atoms in total. The number of carbonyl (C=O) groups excluding carboxylic acids is 1. The predicted octanol–water partition coefficient (Wildman–Crippen LogP) is 4.12. The second-order valence-electron chi connectivity index (χ2n) is 6.38. The van der Waals surface area contributed by atoms with E-state index in [9.17, 15) is 4.79 Å². The Morgan fingerprint density at radius 3 is 2.92 bits per heavy atom. The summed E-state index contributed by atoms with van der Waals surface area (Å²) < 4.78 is 11.3. The summed E-state index contributed by atoms with van der Waals surface area (Å²) in [4.78, 5) is 19.3. The van der Waals surface area contributed by atoms with Crippen LogP contribution in [0.15, 0.2) is 16.5 Å². The Hall–Kier alpha value is -2.01. The van der Waals surface area contributed by atoms with Gasteiger partial charge in [-0.2, -0.15) is 0 Å².